The van der Waals surface area contributed by atoms with Crippen LogP contribution < -0.4 is 0 Å². The molecule has 508 valence electrons. The number of aryl methyl sites for hydroxylation is 4. The molecule has 0 aromatic heterocycles. The third-order valence-electron chi connectivity index (χ3n) is 15.4. The summed E-state index contributed by atoms with van der Waals surface area (Å²) in [4.78, 5) is 0. The molecule has 0 unspecified atom stereocenters. The molecule has 0 N–H and O–H groups in total. The Hall–Kier alpha value is -5.60. The fraction of sp³-hybridized carbons (Fsp3) is 0.283. The van der Waals surface area contributed by atoms with Crippen molar-refractivity contribution in [3.63, 3.8) is 0 Å². The number of fused-ring (bicyclic) bond motifs is 4. The molecular weight excluding hydrogens is 1340 g/mol. The summed E-state index contributed by atoms with van der Waals surface area (Å²) in [5.74, 6) is 0. The maximum atomic E-state index is 3.70. The molecule has 0 nitrogen and oxygen atoms in total. The van der Waals surface area contributed by atoms with Gasteiger partial charge in [-0.05, 0) is 47.9 Å². The molecule has 0 saturated carbocycles. The van der Waals surface area contributed by atoms with Gasteiger partial charge in [0.25, 0.3) is 0 Å². The molecule has 12 rings (SSSR count). The van der Waals surface area contributed by atoms with Crippen molar-refractivity contribution >= 4 is 63.6 Å². The maximum Gasteiger partial charge on any atom is 0.0184 e. The first-order chi connectivity index (χ1) is 46.1. The number of benzene rings is 8. The predicted molar refractivity (Wildman–Crippen MR) is 431 cm³/mol. The summed E-state index contributed by atoms with van der Waals surface area (Å²) in [6, 6.07) is 87.0. The molecule has 0 saturated heterocycles. The molecular formula is C92H114Si2Zr2-10. The van der Waals surface area contributed by atoms with E-state index in [2.05, 4.69) is 360 Å². The molecule has 0 heterocycles. The Kier molecular flexibility index (Phi) is 54.0. The van der Waals surface area contributed by atoms with Gasteiger partial charge < -0.3 is 41.5 Å². The largest absolute Gasteiger partial charge is 0.343 e. The van der Waals surface area contributed by atoms with Crippen LogP contribution in [0.2, 0.25) is 13.1 Å². The number of unbranched alkanes of at least 4 members (excludes halogenated alkanes) is 7. The smallest absolute Gasteiger partial charge is 0.0184 e. The van der Waals surface area contributed by atoms with Gasteiger partial charge >= 0.3 is 0 Å². The third-order valence-corrected chi connectivity index (χ3v) is 15.4. The van der Waals surface area contributed by atoms with E-state index in [1.165, 1.54) is 148 Å². The van der Waals surface area contributed by atoms with Gasteiger partial charge in [-0.15, -0.1) is 138 Å². The Bertz CT molecular complexity index is 3210. The van der Waals surface area contributed by atoms with Crippen LogP contribution in [0.1, 0.15) is 155 Å². The summed E-state index contributed by atoms with van der Waals surface area (Å²) in [7, 11) is 5.94. The van der Waals surface area contributed by atoms with Crippen LogP contribution >= 0.6 is 0 Å². The molecule has 0 spiro atoms. The van der Waals surface area contributed by atoms with E-state index in [0.717, 1.165) is 64.2 Å². The van der Waals surface area contributed by atoms with Crippen LogP contribution in [0.3, 0.4) is 0 Å². The zero-order valence-electron chi connectivity index (χ0n) is 60.7. The average molecular weight is 1460 g/mol. The van der Waals surface area contributed by atoms with Crippen LogP contribution in [0, 0.1) is 41.5 Å². The second-order valence-electron chi connectivity index (χ2n) is 22.4. The van der Waals surface area contributed by atoms with Crippen molar-refractivity contribution in [3.8, 4) is 44.5 Å². The van der Waals surface area contributed by atoms with E-state index in [0.29, 0.717) is 0 Å². The van der Waals surface area contributed by atoms with Crippen LogP contribution in [0.5, 0.6) is 0 Å². The van der Waals surface area contributed by atoms with Crippen LogP contribution in [0.15, 0.2) is 243 Å². The van der Waals surface area contributed by atoms with E-state index in [4.69, 9.17) is 0 Å². The predicted octanol–water partition coefficient (Wildman–Crippen LogP) is 28.3. The molecule has 0 atom stereocenters. The Morgan fingerprint density at radius 2 is 0.427 bits per heavy atom. The van der Waals surface area contributed by atoms with Crippen molar-refractivity contribution < 1.29 is 52.4 Å². The summed E-state index contributed by atoms with van der Waals surface area (Å²) < 4.78 is 0. The number of hydrogen-bond acceptors (Lipinski definition) is 0. The van der Waals surface area contributed by atoms with Gasteiger partial charge in [0.1, 0.15) is 0 Å². The number of rotatable bonds is 15. The van der Waals surface area contributed by atoms with Crippen molar-refractivity contribution in [2.75, 3.05) is 0 Å². The molecule has 0 fully saturated rings. The summed E-state index contributed by atoms with van der Waals surface area (Å²) in [5, 5.41) is 10.9. The Labute approximate surface area is 632 Å². The first-order valence-corrected chi connectivity index (χ1v) is 36.8. The van der Waals surface area contributed by atoms with Gasteiger partial charge in [-0.1, -0.05) is 275 Å². The first kappa shape index (κ1) is 90.4. The van der Waals surface area contributed by atoms with Gasteiger partial charge in [0, 0.05) is 72.9 Å². The normalized spacial score (nSPS) is 9.65. The molecule has 6 radical (unpaired) electrons. The fourth-order valence-corrected chi connectivity index (χ4v) is 9.84. The number of hydrogen-bond donors (Lipinski definition) is 0. The van der Waals surface area contributed by atoms with Gasteiger partial charge in [0.15, 0.2) is 0 Å². The van der Waals surface area contributed by atoms with E-state index in [1.54, 1.807) is 13.1 Å². The van der Waals surface area contributed by atoms with Crippen LogP contribution in [0.4, 0.5) is 0 Å². The molecule has 0 aliphatic carbocycles. The standard InChI is InChI=1S/4C17H15.C6H12.4C4H9.2CH3Si.2Zr/c4*1-2-13-11-15-9-6-10-16(17(15)12-13)14-7-4-3-5-8-14;1-3-5-6-4-2;4*1-3-4-2;2*1-2;;/h4*3-12H,2H2,1H3;1-6H2;4*1,3-4H2,2H3;2*1H3;;/q4*-1;-2;4*-1;;;;. The van der Waals surface area contributed by atoms with Crippen molar-refractivity contribution in [1.29, 1.82) is 0 Å². The quantitative estimate of drug-likeness (QED) is 0.0545. The minimum absolute atomic E-state index is 0. The van der Waals surface area contributed by atoms with Gasteiger partial charge in [-0.3, -0.25) is 0 Å². The first-order valence-electron chi connectivity index (χ1n) is 34.8. The Morgan fingerprint density at radius 1 is 0.250 bits per heavy atom. The van der Waals surface area contributed by atoms with E-state index < -0.39 is 0 Å². The van der Waals surface area contributed by atoms with E-state index >= 15 is 0 Å². The second-order valence-corrected chi connectivity index (χ2v) is 22.4. The summed E-state index contributed by atoms with van der Waals surface area (Å²) in [6.45, 7) is 42.7. The maximum absolute atomic E-state index is 3.70. The molecule has 96 heavy (non-hydrogen) atoms. The molecule has 0 aliphatic heterocycles. The Morgan fingerprint density at radius 3 is 0.573 bits per heavy atom. The zero-order chi connectivity index (χ0) is 69.1. The van der Waals surface area contributed by atoms with Crippen LogP contribution in [0.25, 0.3) is 87.6 Å². The summed E-state index contributed by atoms with van der Waals surface area (Å²) in [5.41, 5.74) is 16.2. The average Bonchev–Trinajstić information content (AvgIpc) is 1.65. The molecule has 0 aliphatic rings. The van der Waals surface area contributed by atoms with Crippen molar-refractivity contribution in [2.45, 2.75) is 171 Å². The van der Waals surface area contributed by atoms with Gasteiger partial charge in [0.2, 0.25) is 0 Å². The summed E-state index contributed by atoms with van der Waals surface area (Å²) >= 11 is 0. The Balaban J connectivity index is 0.00000111. The van der Waals surface area contributed by atoms with E-state index in [-0.39, 0.29) is 52.4 Å². The minimum Gasteiger partial charge on any atom is -0.343 e. The second kappa shape index (κ2) is 57.3. The van der Waals surface area contributed by atoms with Crippen LogP contribution in [-0.2, 0) is 78.1 Å². The zero-order valence-corrected chi connectivity index (χ0v) is 67.6. The summed E-state index contributed by atoms with van der Waals surface area (Å²) in [6.07, 6.45) is 18.1. The van der Waals surface area contributed by atoms with Gasteiger partial charge in [-0.2, -0.15) is 62.8 Å². The molecule has 12 aromatic carbocycles. The van der Waals surface area contributed by atoms with Gasteiger partial charge in [-0.25, -0.2) is 0 Å². The topological polar surface area (TPSA) is 0 Å². The fourth-order valence-electron chi connectivity index (χ4n) is 9.84. The third kappa shape index (κ3) is 31.9. The van der Waals surface area contributed by atoms with Crippen LogP contribution in [-0.4, -0.2) is 20.5 Å². The van der Waals surface area contributed by atoms with E-state index in [1.807, 2.05) is 0 Å². The molecule has 12 aromatic rings. The van der Waals surface area contributed by atoms with E-state index in [9.17, 15) is 0 Å². The monoisotopic (exact) mass is 1450 g/mol. The molecule has 4 heteroatoms. The minimum atomic E-state index is 0. The SMILES string of the molecule is CCc1cc2c(-c3ccccc3)cccc2[cH-]1.CCc1cc2c(-c3ccccc3)cccc2[cH-]1.CCc1cc2c(-c3ccccc3)cccc2[cH-]1.CCc1cc2c(-c3ccccc3)cccc2[cH-]1.C[Si].C[Si].[CH2-]CCC.[CH2-]CCC.[CH2-]CCC.[CH2-]CCC.[CH2-]CCCC[CH2-].[Zr].[Zr]. The molecule has 0 amide bonds. The van der Waals surface area contributed by atoms with Crippen molar-refractivity contribution in [3.05, 3.63) is 306 Å². The van der Waals surface area contributed by atoms with Crippen molar-refractivity contribution in [1.82, 2.24) is 0 Å². The molecule has 0 bridgehead atoms. The van der Waals surface area contributed by atoms with Gasteiger partial charge in [0.05, 0.1) is 0 Å². The van der Waals surface area contributed by atoms with Crippen molar-refractivity contribution in [2.24, 2.45) is 0 Å².